The van der Waals surface area contributed by atoms with Crippen LogP contribution < -0.4 is 14.8 Å². The zero-order chi connectivity index (χ0) is 19.9. The maximum Gasteiger partial charge on any atom is 0.161 e. The van der Waals surface area contributed by atoms with Gasteiger partial charge in [0, 0.05) is 22.8 Å². The summed E-state index contributed by atoms with van der Waals surface area (Å²) in [5.41, 5.74) is 4.38. The van der Waals surface area contributed by atoms with Gasteiger partial charge in [-0.05, 0) is 42.3 Å². The highest BCUT2D eigenvalue weighted by molar-refractivity contribution is 7.11. The molecule has 0 aliphatic rings. The van der Waals surface area contributed by atoms with E-state index in [1.807, 2.05) is 35.7 Å². The number of hydrogen-bond acceptors (Lipinski definition) is 6. The molecule has 0 aliphatic carbocycles. The van der Waals surface area contributed by atoms with Crippen LogP contribution in [0.25, 0.3) is 16.8 Å². The Morgan fingerprint density at radius 2 is 1.89 bits per heavy atom. The number of rotatable bonds is 7. The van der Waals surface area contributed by atoms with Gasteiger partial charge in [0.25, 0.3) is 0 Å². The predicted octanol–water partition coefficient (Wildman–Crippen LogP) is 5.37. The number of ether oxygens (including phenoxy) is 2. The molecule has 1 aromatic heterocycles. The van der Waals surface area contributed by atoms with Crippen molar-refractivity contribution >= 4 is 22.6 Å². The second kappa shape index (κ2) is 9.07. The van der Waals surface area contributed by atoms with E-state index in [1.54, 1.807) is 20.4 Å². The van der Waals surface area contributed by atoms with Crippen LogP contribution >= 0.6 is 11.3 Å². The van der Waals surface area contributed by atoms with E-state index in [1.165, 1.54) is 16.9 Å². The van der Waals surface area contributed by atoms with Gasteiger partial charge in [0.2, 0.25) is 0 Å². The van der Waals surface area contributed by atoms with E-state index in [-0.39, 0.29) is 0 Å². The molecule has 142 valence electrons. The van der Waals surface area contributed by atoms with E-state index in [2.05, 4.69) is 35.4 Å². The Hall–Kier alpha value is -3.30. The maximum atomic E-state index is 9.54. The molecule has 1 heterocycles. The fourth-order valence-corrected chi connectivity index (χ4v) is 3.45. The molecule has 0 radical (unpaired) electrons. The number of benzene rings is 2. The number of nitrogens with zero attached hydrogens (tertiary/aromatic N) is 2. The van der Waals surface area contributed by atoms with Crippen molar-refractivity contribution < 1.29 is 9.47 Å². The molecule has 0 aliphatic heterocycles. The van der Waals surface area contributed by atoms with Crippen molar-refractivity contribution in [1.82, 2.24) is 4.98 Å². The van der Waals surface area contributed by atoms with Crippen LogP contribution in [0.5, 0.6) is 11.5 Å². The molecule has 0 amide bonds. The first kappa shape index (κ1) is 19.5. The van der Waals surface area contributed by atoms with Crippen molar-refractivity contribution in [3.63, 3.8) is 0 Å². The molecule has 1 N–H and O–H groups in total. The molecule has 0 atom stereocenters. The number of thiazole rings is 1. The first-order valence-electron chi connectivity index (χ1n) is 8.82. The third-order valence-electron chi connectivity index (χ3n) is 4.28. The number of aromatic nitrogens is 1. The summed E-state index contributed by atoms with van der Waals surface area (Å²) in [6, 6.07) is 16.0. The molecular weight excluding hydrogens is 370 g/mol. The van der Waals surface area contributed by atoms with E-state index in [0.717, 1.165) is 23.4 Å². The van der Waals surface area contributed by atoms with Crippen LogP contribution in [0.4, 0.5) is 5.69 Å². The second-order valence-corrected chi connectivity index (χ2v) is 6.83. The third-order valence-corrected chi connectivity index (χ3v) is 5.16. The van der Waals surface area contributed by atoms with Gasteiger partial charge in [-0.25, -0.2) is 4.98 Å². The lowest BCUT2D eigenvalue weighted by atomic mass is 10.1. The minimum atomic E-state index is 0.483. The number of allylic oxidation sites excluding steroid dienone is 1. The Balaban J connectivity index is 1.81. The number of aryl methyl sites for hydroxylation is 1. The second-order valence-electron chi connectivity index (χ2n) is 5.97. The largest absolute Gasteiger partial charge is 0.493 e. The van der Waals surface area contributed by atoms with Crippen LogP contribution in [0, 0.1) is 11.3 Å². The van der Waals surface area contributed by atoms with Crippen molar-refractivity contribution in [1.29, 1.82) is 5.26 Å². The first-order valence-corrected chi connectivity index (χ1v) is 9.70. The standard InChI is InChI=1S/C22H21N3O2S/c1-4-15-5-8-18(9-6-15)24-13-17(12-23)22-25-19(14-28-22)16-7-10-20(26-2)21(11-16)27-3/h5-11,13-14,24H,4H2,1-3H3/b17-13-. The van der Waals surface area contributed by atoms with Crippen LogP contribution in [0.15, 0.2) is 54.0 Å². The highest BCUT2D eigenvalue weighted by Gasteiger charge is 2.11. The summed E-state index contributed by atoms with van der Waals surface area (Å²) in [5.74, 6) is 1.31. The molecule has 3 aromatic rings. The summed E-state index contributed by atoms with van der Waals surface area (Å²) >= 11 is 1.43. The highest BCUT2D eigenvalue weighted by Crippen LogP contribution is 2.33. The summed E-state index contributed by atoms with van der Waals surface area (Å²) in [5, 5.41) is 15.3. The van der Waals surface area contributed by atoms with Crippen LogP contribution in [0.1, 0.15) is 17.5 Å². The maximum absolute atomic E-state index is 9.54. The van der Waals surface area contributed by atoms with E-state index in [9.17, 15) is 5.26 Å². The monoisotopic (exact) mass is 391 g/mol. The Bertz CT molecular complexity index is 1020. The van der Waals surface area contributed by atoms with Crippen LogP contribution in [-0.2, 0) is 6.42 Å². The number of nitriles is 1. The number of anilines is 1. The van der Waals surface area contributed by atoms with Gasteiger partial charge in [-0.1, -0.05) is 19.1 Å². The summed E-state index contributed by atoms with van der Waals surface area (Å²) in [6.07, 6.45) is 2.69. The van der Waals surface area contributed by atoms with Crippen molar-refractivity contribution in [2.75, 3.05) is 19.5 Å². The molecule has 6 heteroatoms. The predicted molar refractivity (Wildman–Crippen MR) is 114 cm³/mol. The summed E-state index contributed by atoms with van der Waals surface area (Å²) < 4.78 is 10.6. The summed E-state index contributed by atoms with van der Waals surface area (Å²) in [6.45, 7) is 2.12. The Morgan fingerprint density at radius 1 is 1.14 bits per heavy atom. The Kier molecular flexibility index (Phi) is 6.30. The molecule has 0 bridgehead atoms. The van der Waals surface area contributed by atoms with E-state index in [4.69, 9.17) is 9.47 Å². The lowest BCUT2D eigenvalue weighted by Gasteiger charge is -2.08. The van der Waals surface area contributed by atoms with E-state index < -0.39 is 0 Å². The molecular formula is C22H21N3O2S. The molecule has 0 saturated carbocycles. The van der Waals surface area contributed by atoms with Gasteiger partial charge >= 0.3 is 0 Å². The first-order chi connectivity index (χ1) is 13.7. The van der Waals surface area contributed by atoms with Crippen molar-refractivity contribution in [3.05, 3.63) is 64.6 Å². The number of methoxy groups -OCH3 is 2. The SMILES string of the molecule is CCc1ccc(N/C=C(/C#N)c2nc(-c3ccc(OC)c(OC)c3)cs2)cc1. The Morgan fingerprint density at radius 3 is 2.54 bits per heavy atom. The van der Waals surface area contributed by atoms with Crippen LogP contribution in [0.2, 0.25) is 0 Å². The molecule has 2 aromatic carbocycles. The molecule has 0 spiro atoms. The van der Waals surface area contributed by atoms with Gasteiger partial charge in [0.15, 0.2) is 11.5 Å². The fourth-order valence-electron chi connectivity index (χ4n) is 2.66. The number of nitrogens with one attached hydrogen (secondary N) is 1. The van der Waals surface area contributed by atoms with Gasteiger partial charge in [-0.15, -0.1) is 11.3 Å². The van der Waals surface area contributed by atoms with Crippen molar-refractivity contribution in [3.8, 4) is 28.8 Å². The lowest BCUT2D eigenvalue weighted by molar-refractivity contribution is 0.355. The van der Waals surface area contributed by atoms with Gasteiger partial charge in [0.05, 0.1) is 19.9 Å². The van der Waals surface area contributed by atoms with Gasteiger partial charge in [0.1, 0.15) is 16.6 Å². The van der Waals surface area contributed by atoms with E-state index in [0.29, 0.717) is 22.1 Å². The number of hydrogen-bond donors (Lipinski definition) is 1. The fraction of sp³-hybridized carbons (Fsp3) is 0.182. The topological polar surface area (TPSA) is 67.2 Å². The zero-order valence-corrected chi connectivity index (χ0v) is 16.8. The van der Waals surface area contributed by atoms with E-state index >= 15 is 0 Å². The average Bonchev–Trinajstić information content (AvgIpc) is 3.24. The summed E-state index contributed by atoms with van der Waals surface area (Å²) in [7, 11) is 3.20. The molecule has 5 nitrogen and oxygen atoms in total. The molecule has 28 heavy (non-hydrogen) atoms. The van der Waals surface area contributed by atoms with Gasteiger partial charge in [-0.3, -0.25) is 0 Å². The molecule has 0 fully saturated rings. The smallest absolute Gasteiger partial charge is 0.161 e. The normalized spacial score (nSPS) is 11.0. The third kappa shape index (κ3) is 4.33. The molecule has 3 rings (SSSR count). The van der Waals surface area contributed by atoms with Gasteiger partial charge in [-0.2, -0.15) is 5.26 Å². The minimum absolute atomic E-state index is 0.483. The highest BCUT2D eigenvalue weighted by atomic mass is 32.1. The van der Waals surface area contributed by atoms with Crippen LogP contribution in [0.3, 0.4) is 0 Å². The van der Waals surface area contributed by atoms with Crippen molar-refractivity contribution in [2.24, 2.45) is 0 Å². The Labute approximate surface area is 168 Å². The minimum Gasteiger partial charge on any atom is -0.493 e. The summed E-state index contributed by atoms with van der Waals surface area (Å²) in [4.78, 5) is 4.61. The van der Waals surface area contributed by atoms with Gasteiger partial charge < -0.3 is 14.8 Å². The zero-order valence-electron chi connectivity index (χ0n) is 16.0. The molecule has 0 unspecified atom stereocenters. The quantitative estimate of drug-likeness (QED) is 0.549. The lowest BCUT2D eigenvalue weighted by Crippen LogP contribution is -1.92. The van der Waals surface area contributed by atoms with Crippen molar-refractivity contribution in [2.45, 2.75) is 13.3 Å². The molecule has 0 saturated heterocycles. The van der Waals surface area contributed by atoms with Crippen LogP contribution in [-0.4, -0.2) is 19.2 Å². The average molecular weight is 391 g/mol.